The minimum atomic E-state index is -1.66. The van der Waals surface area contributed by atoms with E-state index in [1.165, 1.54) is 0 Å². The minimum absolute atomic E-state index is 0.633. The summed E-state index contributed by atoms with van der Waals surface area (Å²) in [7, 11) is 3.19. The van der Waals surface area contributed by atoms with Gasteiger partial charge in [-0.1, -0.05) is 0 Å². The van der Waals surface area contributed by atoms with Gasteiger partial charge >= 0.3 is 0 Å². The molecule has 14 heavy (non-hydrogen) atoms. The highest BCUT2D eigenvalue weighted by molar-refractivity contribution is 6.69. The zero-order chi connectivity index (χ0) is 11.0. The van der Waals surface area contributed by atoms with Crippen molar-refractivity contribution in [2.45, 2.75) is 37.6 Å². The fraction of sp³-hybridized carbons (Fsp3) is 1.00. The van der Waals surface area contributed by atoms with E-state index in [0.29, 0.717) is 6.42 Å². The Kier molecular flexibility index (Phi) is 3.09. The molecule has 1 rings (SSSR count). The molecule has 84 valence electrons. The molecule has 0 N–H and O–H groups in total. The molecule has 0 saturated heterocycles. The van der Waals surface area contributed by atoms with E-state index >= 15 is 0 Å². The summed E-state index contributed by atoms with van der Waals surface area (Å²) in [5.41, 5.74) is 0. The van der Waals surface area contributed by atoms with Gasteiger partial charge in [-0.2, -0.15) is 0 Å². The predicted octanol–water partition coefficient (Wildman–Crippen LogP) is 1.57. The summed E-state index contributed by atoms with van der Waals surface area (Å²) in [6.45, 7) is 6.34. The molecule has 1 saturated carbocycles. The SMILES string of the molecule is COC1(OC)CC1(OC)O[Si](C)(C)C. The van der Waals surface area contributed by atoms with E-state index in [4.69, 9.17) is 18.6 Å². The topological polar surface area (TPSA) is 36.9 Å². The Hall–Kier alpha value is 0.0569. The van der Waals surface area contributed by atoms with Crippen LogP contribution in [0.25, 0.3) is 0 Å². The number of hydrogen-bond donors (Lipinski definition) is 0. The molecule has 1 fully saturated rings. The summed E-state index contributed by atoms with van der Waals surface area (Å²) in [5, 5.41) is 0. The van der Waals surface area contributed by atoms with Gasteiger partial charge in [0.05, 0.1) is 6.42 Å². The summed E-state index contributed by atoms with van der Waals surface area (Å²) in [5.74, 6) is -1.40. The lowest BCUT2D eigenvalue weighted by molar-refractivity contribution is -0.236. The van der Waals surface area contributed by atoms with E-state index in [0.717, 1.165) is 0 Å². The first kappa shape index (κ1) is 12.1. The van der Waals surface area contributed by atoms with Crippen molar-refractivity contribution in [2.75, 3.05) is 21.3 Å². The molecule has 0 spiro atoms. The lowest BCUT2D eigenvalue weighted by Gasteiger charge is -2.28. The third-order valence-electron chi connectivity index (χ3n) is 2.38. The average molecular weight is 220 g/mol. The Labute approximate surface area is 86.6 Å². The second kappa shape index (κ2) is 3.57. The lowest BCUT2D eigenvalue weighted by atomic mass is 10.6. The first-order chi connectivity index (χ1) is 6.35. The molecule has 1 unspecified atom stereocenters. The third-order valence-corrected chi connectivity index (χ3v) is 3.32. The van der Waals surface area contributed by atoms with E-state index in [1.807, 2.05) is 0 Å². The van der Waals surface area contributed by atoms with Crippen molar-refractivity contribution < 1.29 is 18.6 Å². The van der Waals surface area contributed by atoms with Crippen molar-refractivity contribution in [3.05, 3.63) is 0 Å². The van der Waals surface area contributed by atoms with Gasteiger partial charge in [0.25, 0.3) is 0 Å². The average Bonchev–Trinajstić information content (AvgIpc) is 2.72. The van der Waals surface area contributed by atoms with E-state index in [-0.39, 0.29) is 0 Å². The summed E-state index contributed by atoms with van der Waals surface area (Å²) in [4.78, 5) is 0. The molecule has 0 aliphatic heterocycles. The molecule has 0 aromatic carbocycles. The van der Waals surface area contributed by atoms with Crippen LogP contribution >= 0.6 is 0 Å². The Morgan fingerprint density at radius 1 is 0.857 bits per heavy atom. The molecule has 0 aromatic rings. The van der Waals surface area contributed by atoms with Crippen LogP contribution in [0.4, 0.5) is 0 Å². The van der Waals surface area contributed by atoms with Crippen LogP contribution in [-0.4, -0.2) is 41.2 Å². The summed E-state index contributed by atoms with van der Waals surface area (Å²) in [6.07, 6.45) is 0.633. The van der Waals surface area contributed by atoms with Crippen molar-refractivity contribution in [1.29, 1.82) is 0 Å². The second-order valence-corrected chi connectivity index (χ2v) is 8.94. The van der Waals surface area contributed by atoms with Gasteiger partial charge in [-0.3, -0.25) is 0 Å². The van der Waals surface area contributed by atoms with Crippen LogP contribution in [0.5, 0.6) is 0 Å². The molecule has 0 amide bonds. The Bertz CT molecular complexity index is 209. The van der Waals surface area contributed by atoms with Crippen LogP contribution in [0.3, 0.4) is 0 Å². The zero-order valence-corrected chi connectivity index (χ0v) is 10.8. The maximum Gasteiger partial charge on any atom is 0.227 e. The maximum atomic E-state index is 5.95. The monoisotopic (exact) mass is 220 g/mol. The van der Waals surface area contributed by atoms with Crippen LogP contribution in [0.1, 0.15) is 6.42 Å². The van der Waals surface area contributed by atoms with Crippen LogP contribution < -0.4 is 0 Å². The molecule has 1 aliphatic carbocycles. The molecule has 0 aromatic heterocycles. The van der Waals surface area contributed by atoms with Crippen LogP contribution in [0.2, 0.25) is 19.6 Å². The van der Waals surface area contributed by atoms with Gasteiger partial charge in [0.1, 0.15) is 0 Å². The van der Waals surface area contributed by atoms with Crippen molar-refractivity contribution >= 4 is 8.32 Å². The van der Waals surface area contributed by atoms with Gasteiger partial charge in [0.15, 0.2) is 8.32 Å². The largest absolute Gasteiger partial charge is 0.387 e. The normalized spacial score (nSPS) is 30.4. The van der Waals surface area contributed by atoms with Gasteiger partial charge in [0, 0.05) is 21.3 Å². The van der Waals surface area contributed by atoms with Crippen LogP contribution in [0, 0.1) is 0 Å². The molecule has 1 atom stereocenters. The van der Waals surface area contributed by atoms with E-state index < -0.39 is 19.9 Å². The zero-order valence-electron chi connectivity index (χ0n) is 9.84. The van der Waals surface area contributed by atoms with Crippen LogP contribution in [0.15, 0.2) is 0 Å². The smallest absolute Gasteiger partial charge is 0.227 e. The number of ether oxygens (including phenoxy) is 3. The molecule has 5 heteroatoms. The molecule has 0 bridgehead atoms. The Morgan fingerprint density at radius 2 is 1.29 bits per heavy atom. The fourth-order valence-corrected chi connectivity index (χ4v) is 2.98. The predicted molar refractivity (Wildman–Crippen MR) is 55.5 cm³/mol. The Balaban J connectivity index is 2.73. The van der Waals surface area contributed by atoms with Crippen molar-refractivity contribution in [1.82, 2.24) is 0 Å². The number of hydrogen-bond acceptors (Lipinski definition) is 4. The third kappa shape index (κ3) is 1.87. The van der Waals surface area contributed by atoms with Gasteiger partial charge in [-0.15, -0.1) is 0 Å². The van der Waals surface area contributed by atoms with Crippen LogP contribution in [-0.2, 0) is 18.6 Å². The standard InChI is InChI=1S/C9H20O4Si/c1-10-8(11-2)7-9(8,12-3)13-14(4,5)6/h7H2,1-6H3. The highest BCUT2D eigenvalue weighted by atomic mass is 28.4. The van der Waals surface area contributed by atoms with Crippen molar-refractivity contribution in [3.63, 3.8) is 0 Å². The van der Waals surface area contributed by atoms with Gasteiger partial charge < -0.3 is 18.6 Å². The molecule has 1 aliphatic rings. The highest BCUT2D eigenvalue weighted by Gasteiger charge is 2.74. The molecule has 4 nitrogen and oxygen atoms in total. The van der Waals surface area contributed by atoms with Gasteiger partial charge in [-0.25, -0.2) is 0 Å². The second-order valence-electron chi connectivity index (χ2n) is 4.51. The van der Waals surface area contributed by atoms with Gasteiger partial charge in [0.2, 0.25) is 11.6 Å². The molecule has 0 radical (unpaired) electrons. The summed E-state index contributed by atoms with van der Waals surface area (Å²) < 4.78 is 21.9. The number of rotatable bonds is 5. The Morgan fingerprint density at radius 3 is 1.50 bits per heavy atom. The molecular formula is C9H20O4Si. The first-order valence-electron chi connectivity index (χ1n) is 4.70. The summed E-state index contributed by atoms with van der Waals surface area (Å²) >= 11 is 0. The molecule has 0 heterocycles. The maximum absolute atomic E-state index is 5.95. The van der Waals surface area contributed by atoms with E-state index in [9.17, 15) is 0 Å². The summed E-state index contributed by atoms with van der Waals surface area (Å²) in [6, 6.07) is 0. The number of methoxy groups -OCH3 is 3. The first-order valence-corrected chi connectivity index (χ1v) is 8.11. The van der Waals surface area contributed by atoms with Gasteiger partial charge in [-0.05, 0) is 19.6 Å². The van der Waals surface area contributed by atoms with E-state index in [2.05, 4.69) is 19.6 Å². The highest BCUT2D eigenvalue weighted by Crippen LogP contribution is 2.55. The molecular weight excluding hydrogens is 200 g/mol. The van der Waals surface area contributed by atoms with E-state index in [1.54, 1.807) is 21.3 Å². The fourth-order valence-electron chi connectivity index (χ4n) is 1.68. The van der Waals surface area contributed by atoms with Crippen molar-refractivity contribution in [2.24, 2.45) is 0 Å². The lowest BCUT2D eigenvalue weighted by Crippen LogP contribution is -2.42. The minimum Gasteiger partial charge on any atom is -0.387 e. The quantitative estimate of drug-likeness (QED) is 0.520. The van der Waals surface area contributed by atoms with Crippen molar-refractivity contribution in [3.8, 4) is 0 Å².